The molecule has 1 N–H and O–H groups in total. The summed E-state index contributed by atoms with van der Waals surface area (Å²) in [6.07, 6.45) is -0.0830. The van der Waals surface area contributed by atoms with E-state index >= 15 is 0 Å². The lowest BCUT2D eigenvalue weighted by molar-refractivity contribution is 0.00578. The Morgan fingerprint density at radius 3 is 2.50 bits per heavy atom. The number of nitrogens with zero attached hydrogens (tertiary/aromatic N) is 1. The van der Waals surface area contributed by atoms with Crippen molar-refractivity contribution in [2.75, 3.05) is 11.9 Å². The van der Waals surface area contributed by atoms with E-state index in [0.717, 1.165) is 16.6 Å². The third-order valence-electron chi connectivity index (χ3n) is 6.33. The highest BCUT2D eigenvalue weighted by molar-refractivity contribution is 6.62. The Labute approximate surface area is 204 Å². The predicted octanol–water partition coefficient (Wildman–Crippen LogP) is 5.39. The molecule has 2 aromatic carbocycles. The lowest BCUT2D eigenvalue weighted by Gasteiger charge is -2.32. The Kier molecular flexibility index (Phi) is 6.76. The second-order valence-electron chi connectivity index (χ2n) is 9.29. The molecule has 1 aromatic heterocycles. The first kappa shape index (κ1) is 24.3. The molecule has 0 saturated carbocycles. The maximum Gasteiger partial charge on any atom is 0.494 e. The highest BCUT2D eigenvalue weighted by atomic mass is 35.5. The minimum absolute atomic E-state index is 0.187. The van der Waals surface area contributed by atoms with E-state index in [2.05, 4.69) is 10.5 Å². The van der Waals surface area contributed by atoms with E-state index in [1.54, 1.807) is 6.92 Å². The molecular formula is C25H28BClN2O5. The molecule has 0 spiro atoms. The van der Waals surface area contributed by atoms with Gasteiger partial charge in [-0.1, -0.05) is 59.2 Å². The van der Waals surface area contributed by atoms with Gasteiger partial charge in [0.2, 0.25) is 0 Å². The molecule has 3 aromatic rings. The molecule has 7 nitrogen and oxygen atoms in total. The molecule has 178 valence electrons. The van der Waals surface area contributed by atoms with Gasteiger partial charge in [-0.15, -0.1) is 0 Å². The number of ether oxygens (including phenoxy) is 1. The van der Waals surface area contributed by atoms with Gasteiger partial charge in [0.1, 0.15) is 11.4 Å². The van der Waals surface area contributed by atoms with E-state index in [9.17, 15) is 4.79 Å². The third-order valence-corrected chi connectivity index (χ3v) is 6.70. The average Bonchev–Trinajstić information content (AvgIpc) is 3.24. The number of aryl methyl sites for hydroxylation is 1. The molecule has 4 rings (SSSR count). The maximum absolute atomic E-state index is 12.5. The van der Waals surface area contributed by atoms with Crippen LogP contribution in [0.1, 0.15) is 39.0 Å². The molecular weight excluding hydrogens is 455 g/mol. The number of nitrogens with one attached hydrogen (secondary N) is 1. The summed E-state index contributed by atoms with van der Waals surface area (Å²) in [6, 6.07) is 15.1. The summed E-state index contributed by atoms with van der Waals surface area (Å²) in [4.78, 5) is 12.5. The van der Waals surface area contributed by atoms with Crippen LogP contribution < -0.4 is 10.8 Å². The highest BCUT2D eigenvalue weighted by Gasteiger charge is 2.51. The van der Waals surface area contributed by atoms with E-state index in [4.69, 9.17) is 30.2 Å². The summed E-state index contributed by atoms with van der Waals surface area (Å²) in [6.45, 7) is 9.98. The molecule has 1 amide bonds. The first-order valence-electron chi connectivity index (χ1n) is 11.2. The molecule has 0 unspecified atom stereocenters. The zero-order valence-electron chi connectivity index (χ0n) is 20.0. The molecule has 1 fully saturated rings. The van der Waals surface area contributed by atoms with Crippen molar-refractivity contribution in [1.82, 2.24) is 5.16 Å². The molecule has 1 aliphatic rings. The van der Waals surface area contributed by atoms with Crippen LogP contribution in [0.4, 0.5) is 10.5 Å². The Morgan fingerprint density at radius 1 is 1.09 bits per heavy atom. The van der Waals surface area contributed by atoms with Crippen LogP contribution in [0, 0.1) is 6.92 Å². The topological polar surface area (TPSA) is 82.8 Å². The van der Waals surface area contributed by atoms with Crippen molar-refractivity contribution in [3.63, 3.8) is 0 Å². The van der Waals surface area contributed by atoms with Gasteiger partial charge in [-0.3, -0.25) is 5.32 Å². The van der Waals surface area contributed by atoms with Crippen LogP contribution in [0.2, 0.25) is 5.02 Å². The number of amides is 1. The predicted molar refractivity (Wildman–Crippen MR) is 133 cm³/mol. The van der Waals surface area contributed by atoms with Crippen molar-refractivity contribution < 1.29 is 23.4 Å². The van der Waals surface area contributed by atoms with Gasteiger partial charge in [0, 0.05) is 17.0 Å². The number of hydrogen-bond donors (Lipinski definition) is 1. The summed E-state index contributed by atoms with van der Waals surface area (Å²) in [7, 11) is -0.514. The number of benzene rings is 2. The largest absolute Gasteiger partial charge is 0.494 e. The van der Waals surface area contributed by atoms with E-state index in [-0.39, 0.29) is 6.61 Å². The normalized spacial score (nSPS) is 16.5. The van der Waals surface area contributed by atoms with Crippen molar-refractivity contribution in [3.8, 4) is 11.3 Å². The maximum atomic E-state index is 12.5. The first-order valence-corrected chi connectivity index (χ1v) is 11.5. The van der Waals surface area contributed by atoms with Crippen molar-refractivity contribution in [3.05, 3.63) is 64.8 Å². The zero-order chi connectivity index (χ0) is 24.5. The molecule has 0 aliphatic carbocycles. The summed E-state index contributed by atoms with van der Waals surface area (Å²) in [5.41, 5.74) is 2.59. The van der Waals surface area contributed by atoms with E-state index < -0.39 is 24.4 Å². The summed E-state index contributed by atoms with van der Waals surface area (Å²) in [5.74, 6) is 0.430. The zero-order valence-corrected chi connectivity index (χ0v) is 20.7. The van der Waals surface area contributed by atoms with Gasteiger partial charge in [0.25, 0.3) is 0 Å². The number of halogens is 1. The van der Waals surface area contributed by atoms with Gasteiger partial charge in [0.05, 0.1) is 17.8 Å². The van der Waals surface area contributed by atoms with Crippen molar-refractivity contribution in [2.24, 2.45) is 0 Å². The molecule has 2 heterocycles. The van der Waals surface area contributed by atoms with Gasteiger partial charge in [0.15, 0.2) is 5.76 Å². The highest BCUT2D eigenvalue weighted by Crippen LogP contribution is 2.37. The van der Waals surface area contributed by atoms with Gasteiger partial charge in [-0.25, -0.2) is 4.79 Å². The quantitative estimate of drug-likeness (QED) is 0.474. The van der Waals surface area contributed by atoms with Gasteiger partial charge in [-0.2, -0.15) is 0 Å². The SMILES string of the molecule is Cc1noc(-c2cccc(B3OC(C)(C)C(C)(C)O3)c2)c1NC(=O)OCCc1ccccc1Cl. The van der Waals surface area contributed by atoms with Gasteiger partial charge >= 0.3 is 13.2 Å². The fourth-order valence-corrected chi connectivity index (χ4v) is 3.84. The van der Waals surface area contributed by atoms with Gasteiger partial charge < -0.3 is 18.6 Å². The number of carbonyl (C=O) groups is 1. The first-order chi connectivity index (χ1) is 16.1. The number of aromatic nitrogens is 1. The molecule has 1 saturated heterocycles. The van der Waals surface area contributed by atoms with Crippen molar-refractivity contribution in [1.29, 1.82) is 0 Å². The van der Waals surface area contributed by atoms with Crippen LogP contribution in [0.15, 0.2) is 53.1 Å². The van der Waals surface area contributed by atoms with Crippen LogP contribution in [0.5, 0.6) is 0 Å². The molecule has 9 heteroatoms. The van der Waals surface area contributed by atoms with Crippen LogP contribution >= 0.6 is 11.6 Å². The summed E-state index contributed by atoms with van der Waals surface area (Å²) < 4.78 is 23.2. The van der Waals surface area contributed by atoms with Crippen molar-refractivity contribution >= 4 is 36.0 Å². The number of hydrogen-bond acceptors (Lipinski definition) is 6. The van der Waals surface area contributed by atoms with E-state index in [0.29, 0.717) is 28.6 Å². The second kappa shape index (κ2) is 9.45. The van der Waals surface area contributed by atoms with Crippen LogP contribution in [0.3, 0.4) is 0 Å². The molecule has 0 bridgehead atoms. The molecule has 0 radical (unpaired) electrons. The van der Waals surface area contributed by atoms with Gasteiger partial charge in [-0.05, 0) is 51.7 Å². The Hall–Kier alpha value is -2.81. The Balaban J connectivity index is 1.46. The molecule has 1 aliphatic heterocycles. The summed E-state index contributed by atoms with van der Waals surface area (Å²) in [5, 5.41) is 7.44. The number of anilines is 1. The van der Waals surface area contributed by atoms with Crippen molar-refractivity contribution in [2.45, 2.75) is 52.2 Å². The van der Waals surface area contributed by atoms with E-state index in [1.165, 1.54) is 0 Å². The second-order valence-corrected chi connectivity index (χ2v) is 9.70. The fourth-order valence-electron chi connectivity index (χ4n) is 3.61. The Bertz CT molecular complexity index is 1180. The third kappa shape index (κ3) is 4.99. The standard InChI is InChI=1S/C25H28BClN2O5/c1-16-21(28-23(30)31-14-13-17-9-6-7-12-20(17)27)22(32-29-16)18-10-8-11-19(15-18)26-33-24(2,3)25(4,5)34-26/h6-12,15H,13-14H2,1-5H3,(H,28,30). The number of carbonyl (C=O) groups excluding carboxylic acids is 1. The summed E-state index contributed by atoms with van der Waals surface area (Å²) >= 11 is 6.16. The Morgan fingerprint density at radius 2 is 1.79 bits per heavy atom. The lowest BCUT2D eigenvalue weighted by Crippen LogP contribution is -2.41. The van der Waals surface area contributed by atoms with Crippen LogP contribution in [0.25, 0.3) is 11.3 Å². The van der Waals surface area contributed by atoms with Crippen LogP contribution in [-0.2, 0) is 20.5 Å². The smallest absolute Gasteiger partial charge is 0.449 e. The average molecular weight is 483 g/mol. The fraction of sp³-hybridized carbons (Fsp3) is 0.360. The minimum atomic E-state index is -0.596. The van der Waals surface area contributed by atoms with Crippen LogP contribution in [-0.4, -0.2) is 36.2 Å². The van der Waals surface area contributed by atoms with E-state index in [1.807, 2.05) is 76.2 Å². The lowest BCUT2D eigenvalue weighted by atomic mass is 9.78. The minimum Gasteiger partial charge on any atom is -0.449 e. The molecule has 0 atom stereocenters. The molecule has 34 heavy (non-hydrogen) atoms. The monoisotopic (exact) mass is 482 g/mol. The number of rotatable bonds is 6.